The Morgan fingerprint density at radius 3 is 2.48 bits per heavy atom. The number of sulfone groups is 1. The van der Waals surface area contributed by atoms with Crippen molar-refractivity contribution < 1.29 is 35.5 Å². The van der Waals surface area contributed by atoms with E-state index in [0.717, 1.165) is 11.6 Å². The third-order valence-electron chi connectivity index (χ3n) is 6.83. The third-order valence-corrected chi connectivity index (χ3v) is 8.51. The summed E-state index contributed by atoms with van der Waals surface area (Å²) in [5.41, 5.74) is 0.196. The Balaban J connectivity index is 1.76. The predicted octanol–water partition coefficient (Wildman–Crippen LogP) is 5.52. The number of hydrogen-bond acceptors (Lipinski definition) is 6. The van der Waals surface area contributed by atoms with Gasteiger partial charge in [0.1, 0.15) is 11.6 Å². The fraction of sp³-hybridized carbons (Fsp3) is 0.345. The number of fused-ring (bicyclic) bond motifs is 1. The monoisotopic (exact) mass is 606 g/mol. The molecule has 1 amide bonds. The topological polar surface area (TPSA) is 93.9 Å². The van der Waals surface area contributed by atoms with E-state index in [4.69, 9.17) is 4.74 Å². The zero-order valence-electron chi connectivity index (χ0n) is 23.2. The fourth-order valence-corrected chi connectivity index (χ4v) is 5.36. The highest BCUT2D eigenvalue weighted by Gasteiger charge is 2.35. The van der Waals surface area contributed by atoms with E-state index in [9.17, 15) is 30.8 Å². The lowest BCUT2D eigenvalue weighted by Crippen LogP contribution is -2.38. The summed E-state index contributed by atoms with van der Waals surface area (Å²) < 4.78 is 85.9. The standard InChI is InChI=1S/C29H30F4N4O4S/c1-4-41-22-10-8-21(9-11-22)27-26(35-28-34-13-6-14-37(27)28)19(3)36(15-16-42(39,40)5-2)25(38)18-20-7-12-24(30)23(17-20)29(31,32)33/h6-14,17,19H,4-5,15-16,18H2,1-3H3/t19-/m1/s1. The van der Waals surface area contributed by atoms with E-state index >= 15 is 0 Å². The molecule has 0 aliphatic heterocycles. The van der Waals surface area contributed by atoms with Crippen LogP contribution in [0.2, 0.25) is 0 Å². The van der Waals surface area contributed by atoms with Gasteiger partial charge in [0, 0.05) is 30.3 Å². The second-order valence-corrected chi connectivity index (χ2v) is 12.1. The van der Waals surface area contributed by atoms with Crippen LogP contribution in [0.1, 0.15) is 43.6 Å². The van der Waals surface area contributed by atoms with Crippen LogP contribution in [0.4, 0.5) is 17.6 Å². The summed E-state index contributed by atoms with van der Waals surface area (Å²) in [5.74, 6) is -1.61. The van der Waals surface area contributed by atoms with Gasteiger partial charge in [0.05, 0.1) is 41.8 Å². The molecule has 8 nitrogen and oxygen atoms in total. The first-order chi connectivity index (χ1) is 19.8. The summed E-state index contributed by atoms with van der Waals surface area (Å²) in [6.07, 6.45) is -2.14. The summed E-state index contributed by atoms with van der Waals surface area (Å²) in [4.78, 5) is 23.9. The van der Waals surface area contributed by atoms with E-state index in [-0.39, 0.29) is 23.6 Å². The van der Waals surface area contributed by atoms with Gasteiger partial charge in [-0.05, 0) is 61.9 Å². The SMILES string of the molecule is CCOc1ccc(-c2c([C@@H](C)N(CCS(=O)(=O)CC)C(=O)Cc3ccc(F)c(C(F)(F)F)c3)nc3ncccn23)cc1. The Bertz CT molecular complexity index is 1670. The number of halogens is 4. The summed E-state index contributed by atoms with van der Waals surface area (Å²) in [6, 6.07) is 10.5. The van der Waals surface area contributed by atoms with Gasteiger partial charge < -0.3 is 9.64 Å². The number of imidazole rings is 1. The Morgan fingerprint density at radius 1 is 1.12 bits per heavy atom. The van der Waals surface area contributed by atoms with Crippen LogP contribution in [0.5, 0.6) is 5.75 Å². The minimum absolute atomic E-state index is 0.0623. The maximum Gasteiger partial charge on any atom is 0.419 e. The average molecular weight is 607 g/mol. The normalized spacial score (nSPS) is 12.8. The molecular formula is C29H30F4N4O4S. The van der Waals surface area contributed by atoms with Gasteiger partial charge in [0.2, 0.25) is 11.7 Å². The number of benzene rings is 2. The number of carbonyl (C=O) groups excluding carboxylic acids is 1. The molecule has 0 N–H and O–H groups in total. The van der Waals surface area contributed by atoms with E-state index in [1.54, 1.807) is 41.9 Å². The van der Waals surface area contributed by atoms with Crippen LogP contribution in [0.3, 0.4) is 0 Å². The molecule has 13 heteroatoms. The number of aromatic nitrogens is 3. The molecule has 0 spiro atoms. The Hall–Kier alpha value is -4.00. The molecule has 0 saturated heterocycles. The number of ether oxygens (including phenoxy) is 1. The zero-order valence-corrected chi connectivity index (χ0v) is 24.0. The van der Waals surface area contributed by atoms with Gasteiger partial charge in [-0.2, -0.15) is 13.2 Å². The number of hydrogen-bond donors (Lipinski definition) is 0. The largest absolute Gasteiger partial charge is 0.494 e. The molecule has 4 rings (SSSR count). The van der Waals surface area contributed by atoms with Gasteiger partial charge in [-0.15, -0.1) is 0 Å². The highest BCUT2D eigenvalue weighted by molar-refractivity contribution is 7.91. The van der Waals surface area contributed by atoms with E-state index in [1.165, 1.54) is 11.8 Å². The van der Waals surface area contributed by atoms with Crippen LogP contribution in [0.25, 0.3) is 17.0 Å². The van der Waals surface area contributed by atoms with Crippen LogP contribution < -0.4 is 4.74 Å². The predicted molar refractivity (Wildman–Crippen MR) is 149 cm³/mol. The maximum atomic E-state index is 13.9. The molecule has 4 aromatic rings. The quantitative estimate of drug-likeness (QED) is 0.209. The smallest absolute Gasteiger partial charge is 0.419 e. The minimum Gasteiger partial charge on any atom is -0.494 e. The molecule has 224 valence electrons. The maximum absolute atomic E-state index is 13.9. The van der Waals surface area contributed by atoms with Crippen molar-refractivity contribution in [1.29, 1.82) is 0 Å². The molecule has 0 bridgehead atoms. The highest BCUT2D eigenvalue weighted by Crippen LogP contribution is 2.34. The molecule has 2 aromatic heterocycles. The molecule has 42 heavy (non-hydrogen) atoms. The Labute approximate surface area is 240 Å². The van der Waals surface area contributed by atoms with Crippen molar-refractivity contribution in [2.24, 2.45) is 0 Å². The van der Waals surface area contributed by atoms with Crippen LogP contribution in [0, 0.1) is 5.82 Å². The second-order valence-electron chi connectivity index (χ2n) is 9.58. The highest BCUT2D eigenvalue weighted by atomic mass is 32.2. The van der Waals surface area contributed by atoms with Gasteiger partial charge in [0.15, 0.2) is 9.84 Å². The van der Waals surface area contributed by atoms with Gasteiger partial charge in [-0.3, -0.25) is 9.20 Å². The van der Waals surface area contributed by atoms with Crippen molar-refractivity contribution >= 4 is 21.5 Å². The van der Waals surface area contributed by atoms with Gasteiger partial charge in [-0.25, -0.2) is 22.8 Å². The first-order valence-corrected chi connectivity index (χ1v) is 15.1. The lowest BCUT2D eigenvalue weighted by atomic mass is 10.0. The van der Waals surface area contributed by atoms with Crippen LogP contribution in [-0.4, -0.2) is 58.3 Å². The van der Waals surface area contributed by atoms with Gasteiger partial charge in [-0.1, -0.05) is 13.0 Å². The third kappa shape index (κ3) is 6.89. The molecular weight excluding hydrogens is 576 g/mol. The minimum atomic E-state index is -4.94. The Morgan fingerprint density at radius 2 is 1.83 bits per heavy atom. The van der Waals surface area contributed by atoms with Crippen LogP contribution in [0.15, 0.2) is 60.9 Å². The first kappa shape index (κ1) is 30.9. The molecule has 0 radical (unpaired) electrons. The molecule has 2 aromatic carbocycles. The molecule has 0 aliphatic carbocycles. The van der Waals surface area contributed by atoms with Crippen molar-refractivity contribution in [1.82, 2.24) is 19.3 Å². The average Bonchev–Trinajstić information content (AvgIpc) is 3.34. The number of amides is 1. The summed E-state index contributed by atoms with van der Waals surface area (Å²) in [5, 5.41) is 0. The number of carbonyl (C=O) groups is 1. The summed E-state index contributed by atoms with van der Waals surface area (Å²) >= 11 is 0. The zero-order chi connectivity index (χ0) is 30.7. The van der Waals surface area contributed by atoms with E-state index in [2.05, 4.69) is 9.97 Å². The van der Waals surface area contributed by atoms with E-state index in [1.807, 2.05) is 19.1 Å². The number of rotatable bonds is 11. The van der Waals surface area contributed by atoms with Crippen molar-refractivity contribution in [3.05, 3.63) is 83.6 Å². The fourth-order valence-electron chi connectivity index (χ4n) is 4.60. The number of nitrogens with zero attached hydrogens (tertiary/aromatic N) is 4. The van der Waals surface area contributed by atoms with Crippen LogP contribution >= 0.6 is 0 Å². The van der Waals surface area contributed by atoms with Crippen molar-refractivity contribution in [3.63, 3.8) is 0 Å². The van der Waals surface area contributed by atoms with Crippen molar-refractivity contribution in [2.75, 3.05) is 24.7 Å². The lowest BCUT2D eigenvalue weighted by Gasteiger charge is -2.29. The van der Waals surface area contributed by atoms with E-state index in [0.29, 0.717) is 41.7 Å². The van der Waals surface area contributed by atoms with Crippen LogP contribution in [-0.2, 0) is 27.2 Å². The van der Waals surface area contributed by atoms with E-state index < -0.39 is 45.8 Å². The molecule has 2 heterocycles. The Kier molecular flexibility index (Phi) is 9.19. The second kappa shape index (κ2) is 12.5. The number of alkyl halides is 3. The summed E-state index contributed by atoms with van der Waals surface area (Å²) in [7, 11) is -3.51. The van der Waals surface area contributed by atoms with Crippen molar-refractivity contribution in [3.8, 4) is 17.0 Å². The first-order valence-electron chi connectivity index (χ1n) is 13.3. The lowest BCUT2D eigenvalue weighted by molar-refractivity contribution is -0.140. The molecule has 1 atom stereocenters. The van der Waals surface area contributed by atoms with Crippen molar-refractivity contribution in [2.45, 2.75) is 39.4 Å². The molecule has 0 unspecified atom stereocenters. The molecule has 0 aliphatic rings. The van der Waals surface area contributed by atoms with Gasteiger partial charge >= 0.3 is 6.18 Å². The molecule has 0 fully saturated rings. The summed E-state index contributed by atoms with van der Waals surface area (Å²) in [6.45, 7) is 5.27. The molecule has 0 saturated carbocycles. The van der Waals surface area contributed by atoms with Gasteiger partial charge in [0.25, 0.3) is 0 Å².